The first kappa shape index (κ1) is 21.0. The molecular formula is C22H29FN4O2. The van der Waals surface area contributed by atoms with Gasteiger partial charge in [0.15, 0.2) is 0 Å². The summed E-state index contributed by atoms with van der Waals surface area (Å²) in [4.78, 5) is 26.9. The largest absolute Gasteiger partial charge is 0.353 e. The highest BCUT2D eigenvalue weighted by Gasteiger charge is 2.25. The Bertz CT molecular complexity index is 810. The van der Waals surface area contributed by atoms with Gasteiger partial charge in [0, 0.05) is 32.0 Å². The van der Waals surface area contributed by atoms with Gasteiger partial charge in [-0.15, -0.1) is 0 Å². The van der Waals surface area contributed by atoms with Crippen molar-refractivity contribution < 1.29 is 14.0 Å². The number of aromatic nitrogens is 1. The van der Waals surface area contributed by atoms with Gasteiger partial charge in [0.1, 0.15) is 5.82 Å². The number of nitrogens with one attached hydrogen (secondary N) is 2. The number of benzene rings is 1. The molecule has 6 nitrogen and oxygen atoms in total. The Morgan fingerprint density at radius 1 is 1.00 bits per heavy atom. The third-order valence-corrected chi connectivity index (χ3v) is 5.44. The van der Waals surface area contributed by atoms with Crippen molar-refractivity contribution >= 4 is 11.8 Å². The van der Waals surface area contributed by atoms with Crippen molar-refractivity contribution in [3.05, 3.63) is 59.7 Å². The molecule has 0 spiro atoms. The number of halogens is 1. The molecular weight excluding hydrogens is 371 g/mol. The summed E-state index contributed by atoms with van der Waals surface area (Å²) in [5, 5.41) is 5.38. The molecule has 1 aliphatic heterocycles. The minimum atomic E-state index is -0.684. The van der Waals surface area contributed by atoms with E-state index in [1.807, 2.05) is 19.3 Å². The second-order valence-electron chi connectivity index (χ2n) is 7.53. The van der Waals surface area contributed by atoms with Gasteiger partial charge in [-0.2, -0.15) is 0 Å². The number of nitrogens with zero attached hydrogens (tertiary/aromatic N) is 2. The van der Waals surface area contributed by atoms with Crippen LogP contribution in [0.4, 0.5) is 4.39 Å². The van der Waals surface area contributed by atoms with Crippen molar-refractivity contribution in [3.8, 4) is 0 Å². The van der Waals surface area contributed by atoms with E-state index in [9.17, 15) is 14.0 Å². The maximum Gasteiger partial charge on any atom is 0.309 e. The van der Waals surface area contributed by atoms with Crippen molar-refractivity contribution in [1.82, 2.24) is 20.1 Å². The van der Waals surface area contributed by atoms with Gasteiger partial charge in [-0.3, -0.25) is 14.5 Å². The molecule has 2 N–H and O–H groups in total. The smallest absolute Gasteiger partial charge is 0.309 e. The Morgan fingerprint density at radius 3 is 2.28 bits per heavy atom. The summed E-state index contributed by atoms with van der Waals surface area (Å²) < 4.78 is 15.0. The number of rotatable bonds is 6. The standard InChI is InChI=1S/C22H29FN4O2/c1-26-12-6-7-19(26)20(27-13-4-2-3-5-14-27)16-25-22(29)21(28)24-15-17-8-10-18(23)11-9-17/h6-12,20H,2-5,13-16H2,1H3,(H,24,28)(H,25,29)/t20-/m0/s1. The Labute approximate surface area is 171 Å². The van der Waals surface area contributed by atoms with E-state index in [0.29, 0.717) is 6.54 Å². The SMILES string of the molecule is Cn1cccc1[C@H](CNC(=O)C(=O)NCc1ccc(F)cc1)N1CCCCCC1. The van der Waals surface area contributed by atoms with E-state index in [2.05, 4.69) is 26.2 Å². The maximum absolute atomic E-state index is 13.0. The van der Waals surface area contributed by atoms with Gasteiger partial charge < -0.3 is 15.2 Å². The molecule has 0 unspecified atom stereocenters. The maximum atomic E-state index is 13.0. The van der Waals surface area contributed by atoms with E-state index < -0.39 is 11.8 Å². The molecule has 1 atom stereocenters. The first-order valence-corrected chi connectivity index (χ1v) is 10.2. The molecule has 1 aliphatic rings. The number of aryl methyl sites for hydroxylation is 1. The number of hydrogen-bond donors (Lipinski definition) is 2. The zero-order valence-electron chi connectivity index (χ0n) is 16.9. The van der Waals surface area contributed by atoms with Crippen molar-refractivity contribution in [2.24, 2.45) is 7.05 Å². The van der Waals surface area contributed by atoms with Crippen molar-refractivity contribution in [2.75, 3.05) is 19.6 Å². The van der Waals surface area contributed by atoms with Crippen LogP contribution in [0.25, 0.3) is 0 Å². The Kier molecular flexibility index (Phi) is 7.41. The highest BCUT2D eigenvalue weighted by Crippen LogP contribution is 2.24. The van der Waals surface area contributed by atoms with Crippen LogP contribution in [-0.4, -0.2) is 40.9 Å². The van der Waals surface area contributed by atoms with Crippen molar-refractivity contribution in [2.45, 2.75) is 38.3 Å². The second-order valence-corrected chi connectivity index (χ2v) is 7.53. The van der Waals surface area contributed by atoms with Crippen LogP contribution in [0.15, 0.2) is 42.6 Å². The van der Waals surface area contributed by atoms with Crippen molar-refractivity contribution in [1.29, 1.82) is 0 Å². The predicted octanol–water partition coefficient (Wildman–Crippen LogP) is 2.51. The van der Waals surface area contributed by atoms with Gasteiger partial charge in [-0.25, -0.2) is 4.39 Å². The lowest BCUT2D eigenvalue weighted by Crippen LogP contribution is -2.44. The summed E-state index contributed by atoms with van der Waals surface area (Å²) in [7, 11) is 2.00. The van der Waals surface area contributed by atoms with E-state index >= 15 is 0 Å². The van der Waals surface area contributed by atoms with Gasteiger partial charge in [-0.05, 0) is 55.8 Å². The molecule has 2 heterocycles. The average Bonchev–Trinajstić information content (AvgIpc) is 2.97. The lowest BCUT2D eigenvalue weighted by molar-refractivity contribution is -0.139. The molecule has 2 amide bonds. The first-order chi connectivity index (χ1) is 14.0. The molecule has 29 heavy (non-hydrogen) atoms. The Morgan fingerprint density at radius 2 is 1.66 bits per heavy atom. The van der Waals surface area contributed by atoms with Crippen LogP contribution in [0, 0.1) is 5.82 Å². The van der Waals surface area contributed by atoms with Gasteiger partial charge in [0.05, 0.1) is 6.04 Å². The molecule has 1 fully saturated rings. The molecule has 1 aromatic carbocycles. The first-order valence-electron chi connectivity index (χ1n) is 10.2. The molecule has 0 aliphatic carbocycles. The summed E-state index contributed by atoms with van der Waals surface area (Å²) >= 11 is 0. The van der Waals surface area contributed by atoms with Gasteiger partial charge in [0.25, 0.3) is 0 Å². The fourth-order valence-corrected chi connectivity index (χ4v) is 3.78. The quantitative estimate of drug-likeness (QED) is 0.733. The normalized spacial score (nSPS) is 16.1. The predicted molar refractivity (Wildman–Crippen MR) is 109 cm³/mol. The number of amides is 2. The third kappa shape index (κ3) is 5.90. The summed E-state index contributed by atoms with van der Waals surface area (Å²) in [5.41, 5.74) is 1.86. The zero-order valence-corrected chi connectivity index (χ0v) is 16.9. The number of carbonyl (C=O) groups is 2. The minimum Gasteiger partial charge on any atom is -0.353 e. The molecule has 1 aromatic heterocycles. The van der Waals surface area contributed by atoms with E-state index in [0.717, 1.165) is 37.2 Å². The average molecular weight is 400 g/mol. The molecule has 0 saturated carbocycles. The highest BCUT2D eigenvalue weighted by atomic mass is 19.1. The molecule has 2 aromatic rings. The minimum absolute atomic E-state index is 0.0296. The van der Waals surface area contributed by atoms with Crippen LogP contribution in [0.2, 0.25) is 0 Å². The van der Waals surface area contributed by atoms with E-state index in [4.69, 9.17) is 0 Å². The number of carbonyl (C=O) groups excluding carboxylic acids is 2. The monoisotopic (exact) mass is 400 g/mol. The third-order valence-electron chi connectivity index (χ3n) is 5.44. The summed E-state index contributed by atoms with van der Waals surface area (Å²) in [6.07, 6.45) is 6.75. The van der Waals surface area contributed by atoms with Gasteiger partial charge in [0.2, 0.25) is 0 Å². The van der Waals surface area contributed by atoms with Crippen LogP contribution in [0.5, 0.6) is 0 Å². The van der Waals surface area contributed by atoms with E-state index in [-0.39, 0.29) is 18.4 Å². The molecule has 0 bridgehead atoms. The Hall–Kier alpha value is -2.67. The number of hydrogen-bond acceptors (Lipinski definition) is 3. The zero-order chi connectivity index (χ0) is 20.6. The molecule has 3 rings (SSSR count). The van der Waals surface area contributed by atoms with Gasteiger partial charge in [-0.1, -0.05) is 25.0 Å². The van der Waals surface area contributed by atoms with E-state index in [1.165, 1.54) is 25.0 Å². The van der Waals surface area contributed by atoms with Crippen LogP contribution >= 0.6 is 0 Å². The van der Waals surface area contributed by atoms with Crippen LogP contribution < -0.4 is 10.6 Å². The number of likely N-dealkylation sites (tertiary alicyclic amines) is 1. The lowest BCUT2D eigenvalue weighted by atomic mass is 10.1. The lowest BCUT2D eigenvalue weighted by Gasteiger charge is -2.31. The van der Waals surface area contributed by atoms with E-state index in [1.54, 1.807) is 12.1 Å². The molecule has 7 heteroatoms. The van der Waals surface area contributed by atoms with Gasteiger partial charge >= 0.3 is 11.8 Å². The molecule has 0 radical (unpaired) electrons. The second kappa shape index (κ2) is 10.2. The fourth-order valence-electron chi connectivity index (χ4n) is 3.78. The van der Waals surface area contributed by atoms with Crippen LogP contribution in [0.3, 0.4) is 0 Å². The van der Waals surface area contributed by atoms with Crippen molar-refractivity contribution in [3.63, 3.8) is 0 Å². The topological polar surface area (TPSA) is 66.4 Å². The highest BCUT2D eigenvalue weighted by molar-refractivity contribution is 6.35. The summed E-state index contributed by atoms with van der Waals surface area (Å²) in [6.45, 7) is 2.53. The summed E-state index contributed by atoms with van der Waals surface area (Å²) in [5.74, 6) is -1.67. The van der Waals surface area contributed by atoms with Crippen LogP contribution in [0.1, 0.15) is 43.0 Å². The summed E-state index contributed by atoms with van der Waals surface area (Å²) in [6, 6.07) is 9.91. The van der Waals surface area contributed by atoms with Crippen LogP contribution in [-0.2, 0) is 23.2 Å². The fraction of sp³-hybridized carbons (Fsp3) is 0.455. The Balaban J connectivity index is 1.57. The molecule has 156 valence electrons. The molecule has 1 saturated heterocycles.